The van der Waals surface area contributed by atoms with Crippen LogP contribution in [0.2, 0.25) is 0 Å². The van der Waals surface area contributed by atoms with E-state index in [1.807, 2.05) is 24.3 Å². The number of halogens is 2. The Bertz CT molecular complexity index is 648. The van der Waals surface area contributed by atoms with Gasteiger partial charge < -0.3 is 10.6 Å². The van der Waals surface area contributed by atoms with Crippen molar-refractivity contribution in [1.29, 1.82) is 0 Å². The first kappa shape index (κ1) is 12.6. The van der Waals surface area contributed by atoms with Gasteiger partial charge in [-0.3, -0.25) is 4.79 Å². The van der Waals surface area contributed by atoms with Crippen LogP contribution in [-0.4, -0.2) is 11.9 Å². The van der Waals surface area contributed by atoms with Crippen LogP contribution >= 0.6 is 0 Å². The Labute approximate surface area is 114 Å². The molecule has 1 amide bonds. The molecule has 2 aromatic carbocycles. The number of hydrogen-bond donors (Lipinski definition) is 2. The van der Waals surface area contributed by atoms with Gasteiger partial charge in [-0.2, -0.15) is 0 Å². The SMILES string of the molecule is O=C(Nc1ccc(F)cc1F)C1Cc2ccccc2N1. The molecule has 2 aromatic rings. The Kier molecular flexibility index (Phi) is 3.10. The Morgan fingerprint density at radius 3 is 2.75 bits per heavy atom. The third-order valence-electron chi connectivity index (χ3n) is 3.28. The van der Waals surface area contributed by atoms with Crippen molar-refractivity contribution in [2.24, 2.45) is 0 Å². The number of para-hydroxylation sites is 1. The molecule has 0 saturated carbocycles. The molecular formula is C15H12F2N2O. The number of fused-ring (bicyclic) bond motifs is 1. The Hall–Kier alpha value is -2.43. The summed E-state index contributed by atoms with van der Waals surface area (Å²) in [4.78, 5) is 12.1. The molecule has 0 saturated heterocycles. The molecule has 0 radical (unpaired) electrons. The molecule has 3 rings (SSSR count). The standard InChI is InChI=1S/C15H12F2N2O/c16-10-5-6-13(11(17)8-10)19-15(20)14-7-9-3-1-2-4-12(9)18-14/h1-6,8,14,18H,7H2,(H,19,20). The Morgan fingerprint density at radius 2 is 2.00 bits per heavy atom. The molecule has 20 heavy (non-hydrogen) atoms. The van der Waals surface area contributed by atoms with Gasteiger partial charge in [0.15, 0.2) is 0 Å². The van der Waals surface area contributed by atoms with Gasteiger partial charge in [-0.05, 0) is 23.8 Å². The van der Waals surface area contributed by atoms with Crippen LogP contribution in [0.15, 0.2) is 42.5 Å². The summed E-state index contributed by atoms with van der Waals surface area (Å²) < 4.78 is 26.3. The predicted octanol–water partition coefficient (Wildman–Crippen LogP) is 2.94. The highest BCUT2D eigenvalue weighted by Gasteiger charge is 2.26. The van der Waals surface area contributed by atoms with Crippen LogP contribution < -0.4 is 10.6 Å². The van der Waals surface area contributed by atoms with Crippen molar-refractivity contribution in [3.63, 3.8) is 0 Å². The molecule has 102 valence electrons. The van der Waals surface area contributed by atoms with E-state index in [1.165, 1.54) is 6.07 Å². The molecule has 2 N–H and O–H groups in total. The van der Waals surface area contributed by atoms with Gasteiger partial charge in [-0.25, -0.2) is 8.78 Å². The van der Waals surface area contributed by atoms with E-state index in [0.717, 1.165) is 23.4 Å². The molecule has 0 bridgehead atoms. The van der Waals surface area contributed by atoms with E-state index >= 15 is 0 Å². The largest absolute Gasteiger partial charge is 0.373 e. The summed E-state index contributed by atoms with van der Waals surface area (Å²) in [6.45, 7) is 0. The minimum atomic E-state index is -0.783. The van der Waals surface area contributed by atoms with Crippen molar-refractivity contribution in [1.82, 2.24) is 0 Å². The van der Waals surface area contributed by atoms with Gasteiger partial charge in [0.1, 0.15) is 17.7 Å². The van der Waals surface area contributed by atoms with Crippen LogP contribution in [-0.2, 0) is 11.2 Å². The predicted molar refractivity (Wildman–Crippen MR) is 72.5 cm³/mol. The minimum absolute atomic E-state index is 0.0193. The zero-order chi connectivity index (χ0) is 14.1. The van der Waals surface area contributed by atoms with E-state index in [1.54, 1.807) is 0 Å². The summed E-state index contributed by atoms with van der Waals surface area (Å²) in [6.07, 6.45) is 0.546. The van der Waals surface area contributed by atoms with E-state index in [4.69, 9.17) is 0 Å². The van der Waals surface area contributed by atoms with Crippen molar-refractivity contribution in [2.75, 3.05) is 10.6 Å². The molecule has 0 spiro atoms. The molecule has 0 aromatic heterocycles. The average Bonchev–Trinajstić information content (AvgIpc) is 2.86. The maximum absolute atomic E-state index is 13.5. The van der Waals surface area contributed by atoms with Gasteiger partial charge in [0.25, 0.3) is 0 Å². The summed E-state index contributed by atoms with van der Waals surface area (Å²) in [5, 5.41) is 5.55. The molecule has 0 fully saturated rings. The first-order chi connectivity index (χ1) is 9.63. The fourth-order valence-corrected chi connectivity index (χ4v) is 2.27. The van der Waals surface area contributed by atoms with Crippen LogP contribution in [0.5, 0.6) is 0 Å². The highest BCUT2D eigenvalue weighted by molar-refractivity contribution is 5.98. The first-order valence-corrected chi connectivity index (χ1v) is 6.24. The van der Waals surface area contributed by atoms with Crippen molar-refractivity contribution in [3.05, 3.63) is 59.7 Å². The van der Waals surface area contributed by atoms with Crippen molar-refractivity contribution in [3.8, 4) is 0 Å². The lowest BCUT2D eigenvalue weighted by molar-refractivity contribution is -0.116. The van der Waals surface area contributed by atoms with Crippen molar-refractivity contribution < 1.29 is 13.6 Å². The minimum Gasteiger partial charge on any atom is -0.373 e. The number of benzene rings is 2. The third-order valence-corrected chi connectivity index (χ3v) is 3.28. The molecule has 5 heteroatoms. The number of carbonyl (C=O) groups is 1. The highest BCUT2D eigenvalue weighted by Crippen LogP contribution is 2.26. The van der Waals surface area contributed by atoms with Crippen LogP contribution in [0.3, 0.4) is 0 Å². The fraction of sp³-hybridized carbons (Fsp3) is 0.133. The summed E-state index contributed by atoms with van der Waals surface area (Å²) in [5.74, 6) is -1.80. The van der Waals surface area contributed by atoms with Gasteiger partial charge in [0, 0.05) is 18.2 Å². The Balaban J connectivity index is 1.72. The summed E-state index contributed by atoms with van der Waals surface area (Å²) >= 11 is 0. The lowest BCUT2D eigenvalue weighted by Crippen LogP contribution is -2.33. The fourth-order valence-electron chi connectivity index (χ4n) is 2.27. The molecular weight excluding hydrogens is 262 g/mol. The number of nitrogens with one attached hydrogen (secondary N) is 2. The average molecular weight is 274 g/mol. The highest BCUT2D eigenvalue weighted by atomic mass is 19.1. The molecule has 1 aliphatic rings. The molecule has 0 aliphatic carbocycles. The summed E-state index contributed by atoms with van der Waals surface area (Å²) in [7, 11) is 0. The van der Waals surface area contributed by atoms with E-state index < -0.39 is 17.7 Å². The zero-order valence-electron chi connectivity index (χ0n) is 10.5. The first-order valence-electron chi connectivity index (χ1n) is 6.24. The number of anilines is 2. The number of rotatable bonds is 2. The summed E-state index contributed by atoms with van der Waals surface area (Å²) in [5.41, 5.74) is 1.94. The topological polar surface area (TPSA) is 41.1 Å². The monoisotopic (exact) mass is 274 g/mol. The Morgan fingerprint density at radius 1 is 1.20 bits per heavy atom. The second-order valence-corrected chi connectivity index (χ2v) is 4.67. The van der Waals surface area contributed by atoms with Crippen LogP contribution in [0.25, 0.3) is 0 Å². The van der Waals surface area contributed by atoms with Crippen LogP contribution in [0, 0.1) is 11.6 Å². The second kappa shape index (κ2) is 4.92. The van der Waals surface area contributed by atoms with E-state index in [0.29, 0.717) is 6.42 Å². The van der Waals surface area contributed by atoms with Gasteiger partial charge in [-0.15, -0.1) is 0 Å². The molecule has 1 heterocycles. The lowest BCUT2D eigenvalue weighted by Gasteiger charge is -2.12. The van der Waals surface area contributed by atoms with Crippen LogP contribution in [0.4, 0.5) is 20.2 Å². The van der Waals surface area contributed by atoms with Gasteiger partial charge in [0.2, 0.25) is 5.91 Å². The van der Waals surface area contributed by atoms with E-state index in [-0.39, 0.29) is 11.6 Å². The second-order valence-electron chi connectivity index (χ2n) is 4.67. The van der Waals surface area contributed by atoms with Gasteiger partial charge in [0.05, 0.1) is 5.69 Å². The molecule has 1 unspecified atom stereocenters. The van der Waals surface area contributed by atoms with Crippen LogP contribution in [0.1, 0.15) is 5.56 Å². The molecule has 1 aliphatic heterocycles. The van der Waals surface area contributed by atoms with Gasteiger partial charge in [-0.1, -0.05) is 18.2 Å². The zero-order valence-corrected chi connectivity index (χ0v) is 10.5. The smallest absolute Gasteiger partial charge is 0.247 e. The number of hydrogen-bond acceptors (Lipinski definition) is 2. The normalized spacial score (nSPS) is 16.4. The maximum atomic E-state index is 13.5. The quantitative estimate of drug-likeness (QED) is 0.884. The molecule has 1 atom stereocenters. The number of amides is 1. The maximum Gasteiger partial charge on any atom is 0.247 e. The number of carbonyl (C=O) groups excluding carboxylic acids is 1. The third kappa shape index (κ3) is 2.34. The lowest BCUT2D eigenvalue weighted by atomic mass is 10.1. The van der Waals surface area contributed by atoms with Crippen molar-refractivity contribution >= 4 is 17.3 Å². The molecule has 3 nitrogen and oxygen atoms in total. The van der Waals surface area contributed by atoms with Gasteiger partial charge >= 0.3 is 0 Å². The summed E-state index contributed by atoms with van der Waals surface area (Å²) in [6, 6.07) is 10.2. The van der Waals surface area contributed by atoms with Crippen molar-refractivity contribution in [2.45, 2.75) is 12.5 Å². The van der Waals surface area contributed by atoms with E-state index in [2.05, 4.69) is 10.6 Å². The van der Waals surface area contributed by atoms with E-state index in [9.17, 15) is 13.6 Å².